The van der Waals surface area contributed by atoms with Crippen LogP contribution < -0.4 is 10.6 Å². The van der Waals surface area contributed by atoms with Gasteiger partial charge in [-0.25, -0.2) is 4.39 Å². The van der Waals surface area contributed by atoms with Gasteiger partial charge >= 0.3 is 0 Å². The minimum Gasteiger partial charge on any atom is -0.325 e. The van der Waals surface area contributed by atoms with Gasteiger partial charge in [0.15, 0.2) is 0 Å². The van der Waals surface area contributed by atoms with Crippen LogP contribution in [0.2, 0.25) is 0 Å². The van der Waals surface area contributed by atoms with E-state index in [4.69, 9.17) is 0 Å². The Labute approximate surface area is 86.7 Å². The van der Waals surface area contributed by atoms with Crippen molar-refractivity contribution in [2.75, 3.05) is 18.4 Å². The van der Waals surface area contributed by atoms with E-state index in [0.717, 1.165) is 18.5 Å². The summed E-state index contributed by atoms with van der Waals surface area (Å²) in [6, 6.07) is 4.52. The summed E-state index contributed by atoms with van der Waals surface area (Å²) in [5, 5.41) is 5.94. The van der Waals surface area contributed by atoms with Crippen molar-refractivity contribution in [1.29, 1.82) is 0 Å². The second-order valence-electron chi connectivity index (χ2n) is 4.15. The average Bonchev–Trinajstić information content (AvgIpc) is 2.76. The maximum atomic E-state index is 13.0. The van der Waals surface area contributed by atoms with E-state index in [-0.39, 0.29) is 11.7 Å². The molecular weight excluding hydrogens is 195 g/mol. The minimum atomic E-state index is -0.455. The zero-order chi connectivity index (χ0) is 10.5. The summed E-state index contributed by atoms with van der Waals surface area (Å²) in [5.41, 5.74) is 1.10. The number of benzene rings is 1. The molecule has 2 heterocycles. The van der Waals surface area contributed by atoms with Gasteiger partial charge in [0.1, 0.15) is 5.82 Å². The van der Waals surface area contributed by atoms with Gasteiger partial charge in [0.2, 0.25) is 5.91 Å². The normalized spacial score (nSPS) is 28.2. The maximum Gasteiger partial charge on any atom is 0.236 e. The third-order valence-electron chi connectivity index (χ3n) is 3.34. The van der Waals surface area contributed by atoms with E-state index in [2.05, 4.69) is 10.6 Å². The number of carbonyl (C=O) groups excluding carboxylic acids is 1. The number of hydrogen-bond donors (Lipinski definition) is 2. The highest BCUT2D eigenvalue weighted by Crippen LogP contribution is 2.41. The summed E-state index contributed by atoms with van der Waals surface area (Å²) in [4.78, 5) is 11.9. The molecule has 1 spiro atoms. The lowest BCUT2D eigenvalue weighted by Crippen LogP contribution is -2.36. The number of anilines is 1. The minimum absolute atomic E-state index is 0.00639. The predicted molar refractivity (Wildman–Crippen MR) is 54.2 cm³/mol. The van der Waals surface area contributed by atoms with Crippen LogP contribution in [0.4, 0.5) is 10.1 Å². The molecule has 1 aromatic rings. The lowest BCUT2D eigenvalue weighted by Gasteiger charge is -2.19. The molecule has 4 heteroatoms. The number of nitrogens with one attached hydrogen (secondary N) is 2. The molecule has 0 aliphatic carbocycles. The Morgan fingerprint density at radius 2 is 2.27 bits per heavy atom. The average molecular weight is 206 g/mol. The first-order valence-electron chi connectivity index (χ1n) is 5.05. The Balaban J connectivity index is 2.17. The van der Waals surface area contributed by atoms with Crippen molar-refractivity contribution in [2.24, 2.45) is 0 Å². The van der Waals surface area contributed by atoms with Crippen molar-refractivity contribution < 1.29 is 9.18 Å². The van der Waals surface area contributed by atoms with E-state index in [1.54, 1.807) is 6.07 Å². The van der Waals surface area contributed by atoms with E-state index in [0.29, 0.717) is 12.2 Å². The molecule has 1 amide bonds. The predicted octanol–water partition coefficient (Wildman–Crippen LogP) is 1.01. The third-order valence-corrected chi connectivity index (χ3v) is 3.34. The molecule has 3 rings (SSSR count). The molecule has 0 radical (unpaired) electrons. The highest BCUT2D eigenvalue weighted by atomic mass is 19.1. The molecule has 2 aliphatic rings. The van der Waals surface area contributed by atoms with Crippen LogP contribution in [0.25, 0.3) is 0 Å². The fourth-order valence-electron chi connectivity index (χ4n) is 2.52. The lowest BCUT2D eigenvalue weighted by atomic mass is 9.81. The summed E-state index contributed by atoms with van der Waals surface area (Å²) in [6.45, 7) is 1.49. The Kier molecular flexibility index (Phi) is 1.65. The van der Waals surface area contributed by atoms with Crippen molar-refractivity contribution in [2.45, 2.75) is 11.8 Å². The van der Waals surface area contributed by atoms with Crippen LogP contribution in [0, 0.1) is 5.82 Å². The molecule has 1 saturated heterocycles. The van der Waals surface area contributed by atoms with Crippen LogP contribution in [-0.2, 0) is 10.2 Å². The van der Waals surface area contributed by atoms with Crippen molar-refractivity contribution in [3.05, 3.63) is 29.6 Å². The molecule has 0 saturated carbocycles. The Hall–Kier alpha value is -1.42. The Morgan fingerprint density at radius 3 is 3.00 bits per heavy atom. The molecule has 15 heavy (non-hydrogen) atoms. The van der Waals surface area contributed by atoms with Gasteiger partial charge in [0.05, 0.1) is 5.41 Å². The van der Waals surface area contributed by atoms with Gasteiger partial charge < -0.3 is 10.6 Å². The number of rotatable bonds is 0. The lowest BCUT2D eigenvalue weighted by molar-refractivity contribution is -0.120. The number of carbonyl (C=O) groups is 1. The monoisotopic (exact) mass is 206 g/mol. The second kappa shape index (κ2) is 2.79. The second-order valence-corrected chi connectivity index (χ2v) is 4.15. The molecule has 1 fully saturated rings. The topological polar surface area (TPSA) is 41.1 Å². The number of hydrogen-bond acceptors (Lipinski definition) is 2. The highest BCUT2D eigenvalue weighted by molar-refractivity contribution is 6.06. The molecule has 2 aliphatic heterocycles. The van der Waals surface area contributed by atoms with E-state index in [1.165, 1.54) is 12.1 Å². The summed E-state index contributed by atoms with van der Waals surface area (Å²) in [7, 11) is 0. The fraction of sp³-hybridized carbons (Fsp3) is 0.364. The van der Waals surface area contributed by atoms with E-state index < -0.39 is 5.41 Å². The van der Waals surface area contributed by atoms with Gasteiger partial charge in [-0.2, -0.15) is 0 Å². The number of halogens is 1. The zero-order valence-electron chi connectivity index (χ0n) is 8.14. The summed E-state index contributed by atoms with van der Waals surface area (Å²) >= 11 is 0. The maximum absolute atomic E-state index is 13.0. The largest absolute Gasteiger partial charge is 0.325 e. The fourth-order valence-corrected chi connectivity index (χ4v) is 2.52. The number of fused-ring (bicyclic) bond motifs is 2. The van der Waals surface area contributed by atoms with Crippen molar-refractivity contribution in [3.63, 3.8) is 0 Å². The Bertz CT molecular complexity index is 438. The van der Waals surface area contributed by atoms with Gasteiger partial charge in [-0.15, -0.1) is 0 Å². The molecule has 0 aromatic heterocycles. The molecule has 1 aromatic carbocycles. The summed E-state index contributed by atoms with van der Waals surface area (Å²) < 4.78 is 13.0. The van der Waals surface area contributed by atoms with Crippen molar-refractivity contribution in [1.82, 2.24) is 5.32 Å². The van der Waals surface area contributed by atoms with Crippen LogP contribution in [0.15, 0.2) is 18.2 Å². The first-order chi connectivity index (χ1) is 7.22. The molecule has 78 valence electrons. The molecular formula is C11H11FN2O. The van der Waals surface area contributed by atoms with Gasteiger partial charge in [-0.1, -0.05) is 6.07 Å². The molecule has 3 nitrogen and oxygen atoms in total. The van der Waals surface area contributed by atoms with Gasteiger partial charge in [0, 0.05) is 12.2 Å². The molecule has 1 atom stereocenters. The summed E-state index contributed by atoms with van der Waals surface area (Å²) in [5.74, 6) is -0.315. The van der Waals surface area contributed by atoms with Crippen LogP contribution >= 0.6 is 0 Å². The van der Waals surface area contributed by atoms with Gasteiger partial charge in [-0.05, 0) is 30.7 Å². The molecule has 0 unspecified atom stereocenters. The van der Waals surface area contributed by atoms with Crippen LogP contribution in [0.3, 0.4) is 0 Å². The van der Waals surface area contributed by atoms with Crippen LogP contribution in [0.1, 0.15) is 12.0 Å². The first-order valence-corrected chi connectivity index (χ1v) is 5.05. The zero-order valence-corrected chi connectivity index (χ0v) is 8.14. The van der Waals surface area contributed by atoms with Gasteiger partial charge in [0.25, 0.3) is 0 Å². The Morgan fingerprint density at radius 1 is 1.40 bits per heavy atom. The highest BCUT2D eigenvalue weighted by Gasteiger charge is 2.48. The van der Waals surface area contributed by atoms with E-state index in [1.807, 2.05) is 0 Å². The smallest absolute Gasteiger partial charge is 0.236 e. The standard InChI is InChI=1S/C11H11FN2O/c12-7-1-2-8-9(5-7)14-10(15)11(8)3-4-13-6-11/h1-2,5,13H,3-4,6H2,(H,14,15)/t11-/m1/s1. The van der Waals surface area contributed by atoms with E-state index in [9.17, 15) is 9.18 Å². The van der Waals surface area contributed by atoms with Crippen LogP contribution in [0.5, 0.6) is 0 Å². The quantitative estimate of drug-likeness (QED) is 0.665. The summed E-state index contributed by atoms with van der Waals surface area (Å²) in [6.07, 6.45) is 0.789. The first kappa shape index (κ1) is 8.85. The molecule has 2 N–H and O–H groups in total. The third kappa shape index (κ3) is 1.05. The van der Waals surface area contributed by atoms with Gasteiger partial charge in [-0.3, -0.25) is 4.79 Å². The van der Waals surface area contributed by atoms with Crippen LogP contribution in [-0.4, -0.2) is 19.0 Å². The van der Waals surface area contributed by atoms with E-state index >= 15 is 0 Å². The van der Waals surface area contributed by atoms with Crippen molar-refractivity contribution in [3.8, 4) is 0 Å². The molecule has 0 bridgehead atoms. The van der Waals surface area contributed by atoms with Crippen molar-refractivity contribution >= 4 is 11.6 Å². The number of amides is 1. The SMILES string of the molecule is O=C1Nc2cc(F)ccc2[C@]12CCNC2.